The third-order valence-corrected chi connectivity index (χ3v) is 4.48. The summed E-state index contributed by atoms with van der Waals surface area (Å²) in [5.41, 5.74) is 0.524. The molecule has 2 atom stereocenters. The van der Waals surface area contributed by atoms with Crippen LogP contribution in [0, 0.1) is 23.5 Å². The van der Waals surface area contributed by atoms with E-state index in [4.69, 9.17) is 0 Å². The van der Waals surface area contributed by atoms with Crippen LogP contribution >= 0.6 is 15.9 Å². The molecule has 1 aliphatic carbocycles. The van der Waals surface area contributed by atoms with E-state index in [1.807, 2.05) is 6.07 Å². The molecule has 0 spiro atoms. The van der Waals surface area contributed by atoms with Crippen molar-refractivity contribution in [1.29, 1.82) is 0 Å². The summed E-state index contributed by atoms with van der Waals surface area (Å²) in [4.78, 5) is 24.3. The Kier molecular flexibility index (Phi) is 4.62. The molecule has 4 nitrogen and oxygen atoms in total. The molecule has 24 heavy (non-hydrogen) atoms. The Bertz CT molecular complexity index is 813. The summed E-state index contributed by atoms with van der Waals surface area (Å²) in [5, 5.41) is 5.14. The fourth-order valence-corrected chi connectivity index (χ4v) is 2.76. The molecule has 0 saturated heterocycles. The predicted octanol–water partition coefficient (Wildman–Crippen LogP) is 3.94. The average Bonchev–Trinajstić information content (AvgIpc) is 3.33. The van der Waals surface area contributed by atoms with E-state index in [2.05, 4.69) is 26.6 Å². The Morgan fingerprint density at radius 2 is 1.58 bits per heavy atom. The second-order valence-corrected chi connectivity index (χ2v) is 6.39. The Morgan fingerprint density at radius 1 is 0.958 bits per heavy atom. The lowest BCUT2D eigenvalue weighted by Gasteiger charge is -2.08. The van der Waals surface area contributed by atoms with Crippen molar-refractivity contribution in [2.75, 3.05) is 10.6 Å². The molecule has 0 aliphatic heterocycles. The van der Waals surface area contributed by atoms with Crippen molar-refractivity contribution in [3.63, 3.8) is 0 Å². The maximum Gasteiger partial charge on any atom is 0.228 e. The molecule has 2 N–H and O–H groups in total. The average molecular weight is 395 g/mol. The first-order chi connectivity index (χ1) is 11.5. The fraction of sp³-hybridized carbons (Fsp3) is 0.176. The molecular formula is C17H13BrF2N2O2. The Labute approximate surface area is 145 Å². The Balaban J connectivity index is 1.59. The van der Waals surface area contributed by atoms with Crippen LogP contribution in [0.25, 0.3) is 0 Å². The van der Waals surface area contributed by atoms with E-state index in [0.29, 0.717) is 18.2 Å². The maximum absolute atomic E-state index is 13.5. The molecule has 2 aromatic rings. The third-order valence-electron chi connectivity index (χ3n) is 3.78. The van der Waals surface area contributed by atoms with E-state index >= 15 is 0 Å². The Morgan fingerprint density at radius 3 is 2.21 bits per heavy atom. The lowest BCUT2D eigenvalue weighted by molar-refractivity contribution is -0.122. The van der Waals surface area contributed by atoms with Gasteiger partial charge in [-0.1, -0.05) is 12.1 Å². The number of carbonyl (C=O) groups excluding carboxylic acids is 2. The number of amides is 2. The maximum atomic E-state index is 13.5. The van der Waals surface area contributed by atoms with Gasteiger partial charge in [0, 0.05) is 10.5 Å². The van der Waals surface area contributed by atoms with Crippen molar-refractivity contribution in [3.8, 4) is 0 Å². The first-order valence-electron chi connectivity index (χ1n) is 7.27. The molecule has 0 heterocycles. The summed E-state index contributed by atoms with van der Waals surface area (Å²) in [6.45, 7) is 0. The van der Waals surface area contributed by atoms with Gasteiger partial charge in [0.05, 0.1) is 23.2 Å². The highest BCUT2D eigenvalue weighted by Gasteiger charge is 2.48. The minimum absolute atomic E-state index is 0.0988. The minimum Gasteiger partial charge on any atom is -0.325 e. The van der Waals surface area contributed by atoms with Gasteiger partial charge in [-0.3, -0.25) is 9.59 Å². The van der Waals surface area contributed by atoms with Crippen LogP contribution in [0.3, 0.4) is 0 Å². The molecule has 2 unspecified atom stereocenters. The van der Waals surface area contributed by atoms with E-state index in [0.717, 1.165) is 16.6 Å². The van der Waals surface area contributed by atoms with Crippen LogP contribution in [0.4, 0.5) is 20.2 Å². The summed E-state index contributed by atoms with van der Waals surface area (Å²) in [5.74, 6) is -3.26. The van der Waals surface area contributed by atoms with E-state index < -0.39 is 29.4 Å². The van der Waals surface area contributed by atoms with Crippen LogP contribution in [0.2, 0.25) is 0 Å². The van der Waals surface area contributed by atoms with Crippen LogP contribution < -0.4 is 10.6 Å². The SMILES string of the molecule is O=C(Nc1ccc(F)cc1F)C1CC1C(=O)Nc1ccccc1Br. The smallest absolute Gasteiger partial charge is 0.228 e. The zero-order valence-corrected chi connectivity index (χ0v) is 13.9. The molecule has 7 heteroatoms. The van der Waals surface area contributed by atoms with Crippen LogP contribution in [0.1, 0.15) is 6.42 Å². The molecule has 1 saturated carbocycles. The highest BCUT2D eigenvalue weighted by Crippen LogP contribution is 2.40. The summed E-state index contributed by atoms with van der Waals surface area (Å²) in [6.07, 6.45) is 0.394. The van der Waals surface area contributed by atoms with Gasteiger partial charge in [0.2, 0.25) is 11.8 Å². The van der Waals surface area contributed by atoms with Gasteiger partial charge >= 0.3 is 0 Å². The van der Waals surface area contributed by atoms with Crippen molar-refractivity contribution >= 4 is 39.1 Å². The first kappa shape index (κ1) is 16.6. The number of anilines is 2. The zero-order chi connectivity index (χ0) is 17.3. The quantitative estimate of drug-likeness (QED) is 0.824. The van der Waals surface area contributed by atoms with Gasteiger partial charge in [-0.25, -0.2) is 8.78 Å². The molecule has 3 rings (SSSR count). The van der Waals surface area contributed by atoms with Crippen LogP contribution in [-0.2, 0) is 9.59 Å². The molecule has 124 valence electrons. The van der Waals surface area contributed by atoms with Gasteiger partial charge < -0.3 is 10.6 Å². The molecule has 1 fully saturated rings. The lowest BCUT2D eigenvalue weighted by Crippen LogP contribution is -2.21. The second-order valence-electron chi connectivity index (χ2n) is 5.53. The highest BCUT2D eigenvalue weighted by atomic mass is 79.9. The summed E-state index contributed by atoms with van der Waals surface area (Å²) < 4.78 is 27.1. The van der Waals surface area contributed by atoms with Gasteiger partial charge in [-0.05, 0) is 46.6 Å². The number of rotatable bonds is 4. The molecule has 0 aromatic heterocycles. The lowest BCUT2D eigenvalue weighted by atomic mass is 10.2. The van der Waals surface area contributed by atoms with Crippen molar-refractivity contribution in [3.05, 3.63) is 58.6 Å². The largest absolute Gasteiger partial charge is 0.325 e. The number of carbonyl (C=O) groups is 2. The highest BCUT2D eigenvalue weighted by molar-refractivity contribution is 9.10. The van der Waals surface area contributed by atoms with Crippen molar-refractivity contribution in [2.24, 2.45) is 11.8 Å². The monoisotopic (exact) mass is 394 g/mol. The van der Waals surface area contributed by atoms with E-state index in [-0.39, 0.29) is 11.6 Å². The molecule has 1 aliphatic rings. The molecule has 2 amide bonds. The van der Waals surface area contributed by atoms with Crippen molar-refractivity contribution < 1.29 is 18.4 Å². The predicted molar refractivity (Wildman–Crippen MR) is 89.4 cm³/mol. The number of para-hydroxylation sites is 1. The van der Waals surface area contributed by atoms with Gasteiger partial charge in [0.1, 0.15) is 11.6 Å². The molecule has 0 radical (unpaired) electrons. The molecule has 2 aromatic carbocycles. The Hall–Kier alpha value is -2.28. The number of benzene rings is 2. The van der Waals surface area contributed by atoms with E-state index in [1.165, 1.54) is 0 Å². The molecule has 0 bridgehead atoms. The van der Waals surface area contributed by atoms with Gasteiger partial charge in [-0.2, -0.15) is 0 Å². The van der Waals surface area contributed by atoms with E-state index in [1.54, 1.807) is 18.2 Å². The van der Waals surface area contributed by atoms with Crippen LogP contribution in [0.5, 0.6) is 0 Å². The first-order valence-corrected chi connectivity index (χ1v) is 8.06. The zero-order valence-electron chi connectivity index (χ0n) is 12.4. The third kappa shape index (κ3) is 3.62. The minimum atomic E-state index is -0.849. The molecular weight excluding hydrogens is 382 g/mol. The van der Waals surface area contributed by atoms with Crippen molar-refractivity contribution in [1.82, 2.24) is 0 Å². The summed E-state index contributed by atoms with van der Waals surface area (Å²) in [7, 11) is 0. The summed E-state index contributed by atoms with van der Waals surface area (Å²) in [6, 6.07) is 10.1. The number of halogens is 3. The van der Waals surface area contributed by atoms with Gasteiger partial charge in [0.25, 0.3) is 0 Å². The van der Waals surface area contributed by atoms with Crippen LogP contribution in [-0.4, -0.2) is 11.8 Å². The van der Waals surface area contributed by atoms with E-state index in [9.17, 15) is 18.4 Å². The number of nitrogens with one attached hydrogen (secondary N) is 2. The topological polar surface area (TPSA) is 58.2 Å². The van der Waals surface area contributed by atoms with Gasteiger partial charge in [-0.15, -0.1) is 0 Å². The number of hydrogen-bond acceptors (Lipinski definition) is 2. The van der Waals surface area contributed by atoms with Crippen molar-refractivity contribution in [2.45, 2.75) is 6.42 Å². The second kappa shape index (κ2) is 6.68. The van der Waals surface area contributed by atoms with Crippen LogP contribution in [0.15, 0.2) is 46.9 Å². The fourth-order valence-electron chi connectivity index (χ4n) is 2.38. The standard InChI is InChI=1S/C17H13BrF2N2O2/c18-12-3-1-2-4-14(12)21-16(23)10-8-11(10)17(24)22-15-6-5-9(19)7-13(15)20/h1-7,10-11H,8H2,(H,21,23)(H,22,24). The normalized spacial score (nSPS) is 18.8. The number of hydrogen-bond donors (Lipinski definition) is 2. The van der Waals surface area contributed by atoms with Gasteiger partial charge in [0.15, 0.2) is 0 Å². The summed E-state index contributed by atoms with van der Waals surface area (Å²) >= 11 is 3.33.